The number of rotatable bonds is 3. The fourth-order valence-corrected chi connectivity index (χ4v) is 1.72. The summed E-state index contributed by atoms with van der Waals surface area (Å²) in [6.07, 6.45) is 1.64. The number of nitrogens with zero attached hydrogens (tertiary/aromatic N) is 1. The molecule has 0 bridgehead atoms. The first-order valence-electron chi connectivity index (χ1n) is 4.95. The van der Waals surface area contributed by atoms with Crippen LogP contribution in [0.5, 0.6) is 0 Å². The molecule has 0 radical (unpaired) electrons. The van der Waals surface area contributed by atoms with Crippen LogP contribution in [0.3, 0.4) is 0 Å². The molecule has 16 heavy (non-hydrogen) atoms. The Labute approximate surface area is 92.8 Å². The molecule has 0 unspecified atom stereocenters. The topological polar surface area (TPSA) is 67.0 Å². The van der Waals surface area contributed by atoms with Crippen molar-refractivity contribution >= 4 is 16.9 Å². The van der Waals surface area contributed by atoms with E-state index in [1.807, 2.05) is 13.1 Å². The average molecular weight is 219 g/mol. The zero-order chi connectivity index (χ0) is 11.5. The number of fused-ring (bicyclic) bond motifs is 1. The molecule has 1 aromatic heterocycles. The maximum Gasteiger partial charge on any atom is 0.338 e. The number of hydrogen-bond acceptors (Lipinski definition) is 4. The van der Waals surface area contributed by atoms with Crippen molar-refractivity contribution in [1.29, 1.82) is 0 Å². The Kier molecular flexibility index (Phi) is 2.87. The molecule has 84 valence electrons. The lowest BCUT2D eigenvalue weighted by atomic mass is 10.1. The van der Waals surface area contributed by atoms with E-state index < -0.39 is 0 Å². The van der Waals surface area contributed by atoms with Crippen LogP contribution in [-0.2, 0) is 11.3 Å². The zero-order valence-corrected chi connectivity index (χ0v) is 9.20. The third-order valence-corrected chi connectivity index (χ3v) is 2.47. The van der Waals surface area contributed by atoms with E-state index in [4.69, 9.17) is 4.74 Å². The molecule has 0 spiro atoms. The van der Waals surface area contributed by atoms with Crippen molar-refractivity contribution in [2.24, 2.45) is 0 Å². The van der Waals surface area contributed by atoms with E-state index >= 15 is 0 Å². The highest BCUT2D eigenvalue weighted by molar-refractivity contribution is 6.04. The highest BCUT2D eigenvalue weighted by Gasteiger charge is 2.13. The lowest BCUT2D eigenvalue weighted by Gasteiger charge is -2.05. The predicted octanol–water partition coefficient (Wildman–Crippen LogP) is 1.07. The van der Waals surface area contributed by atoms with E-state index in [1.54, 1.807) is 12.3 Å². The van der Waals surface area contributed by atoms with Crippen LogP contribution < -0.4 is 5.32 Å². The predicted molar refractivity (Wildman–Crippen MR) is 60.2 cm³/mol. The van der Waals surface area contributed by atoms with Crippen LogP contribution in [0.15, 0.2) is 18.3 Å². The van der Waals surface area contributed by atoms with Gasteiger partial charge < -0.3 is 10.1 Å². The molecule has 2 rings (SSSR count). The molecule has 0 amide bonds. The Morgan fingerprint density at radius 2 is 2.38 bits per heavy atom. The molecule has 1 heterocycles. The molecule has 0 saturated carbocycles. The van der Waals surface area contributed by atoms with Gasteiger partial charge in [0.05, 0.1) is 24.4 Å². The number of benzene rings is 1. The Morgan fingerprint density at radius 1 is 1.56 bits per heavy atom. The number of nitrogens with one attached hydrogen (secondary N) is 2. The van der Waals surface area contributed by atoms with Crippen molar-refractivity contribution in [3.8, 4) is 0 Å². The number of aromatic nitrogens is 2. The van der Waals surface area contributed by atoms with Gasteiger partial charge in [0.25, 0.3) is 0 Å². The van der Waals surface area contributed by atoms with Crippen LogP contribution in [0, 0.1) is 0 Å². The number of ether oxygens (including phenoxy) is 1. The summed E-state index contributed by atoms with van der Waals surface area (Å²) in [5.41, 5.74) is 2.48. The molecular formula is C11H13N3O2. The standard InChI is InChI=1S/C11H13N3O2/c1-12-5-7-3-4-8(11(15)16-2)9-6-13-14-10(7)9/h3-4,6,12H,5H2,1-2H3,(H,13,14). The number of methoxy groups -OCH3 is 1. The molecule has 0 atom stereocenters. The van der Waals surface area contributed by atoms with Crippen molar-refractivity contribution in [3.63, 3.8) is 0 Å². The first-order valence-corrected chi connectivity index (χ1v) is 4.95. The van der Waals surface area contributed by atoms with Crippen molar-refractivity contribution in [2.45, 2.75) is 6.54 Å². The summed E-state index contributed by atoms with van der Waals surface area (Å²) < 4.78 is 4.72. The molecule has 1 aromatic carbocycles. The number of esters is 1. The van der Waals surface area contributed by atoms with Crippen LogP contribution >= 0.6 is 0 Å². The number of carbonyl (C=O) groups excluding carboxylic acids is 1. The number of aromatic amines is 1. The quantitative estimate of drug-likeness (QED) is 0.758. The monoisotopic (exact) mass is 219 g/mol. The molecule has 0 aliphatic rings. The summed E-state index contributed by atoms with van der Waals surface area (Å²) in [6.45, 7) is 0.722. The van der Waals surface area contributed by atoms with Gasteiger partial charge in [-0.15, -0.1) is 0 Å². The van der Waals surface area contributed by atoms with Crippen LogP contribution in [0.4, 0.5) is 0 Å². The molecular weight excluding hydrogens is 206 g/mol. The maximum atomic E-state index is 11.5. The fourth-order valence-electron chi connectivity index (χ4n) is 1.72. The van der Waals surface area contributed by atoms with E-state index in [0.29, 0.717) is 5.56 Å². The van der Waals surface area contributed by atoms with Crippen LogP contribution in [-0.4, -0.2) is 30.3 Å². The minimum Gasteiger partial charge on any atom is -0.465 e. The summed E-state index contributed by atoms with van der Waals surface area (Å²) in [4.78, 5) is 11.5. The van der Waals surface area contributed by atoms with Crippen LogP contribution in [0.1, 0.15) is 15.9 Å². The number of hydrogen-bond donors (Lipinski definition) is 2. The van der Waals surface area contributed by atoms with Gasteiger partial charge in [0.2, 0.25) is 0 Å². The smallest absolute Gasteiger partial charge is 0.338 e. The minimum atomic E-state index is -0.345. The van der Waals surface area contributed by atoms with E-state index in [1.165, 1.54) is 7.11 Å². The molecule has 5 heteroatoms. The van der Waals surface area contributed by atoms with Gasteiger partial charge in [0, 0.05) is 11.9 Å². The lowest BCUT2D eigenvalue weighted by Crippen LogP contribution is -2.07. The minimum absolute atomic E-state index is 0.345. The Bertz CT molecular complexity index is 519. The second-order valence-electron chi connectivity index (χ2n) is 3.45. The number of carbonyl (C=O) groups is 1. The van der Waals surface area contributed by atoms with Crippen molar-refractivity contribution < 1.29 is 9.53 Å². The molecule has 5 nitrogen and oxygen atoms in total. The van der Waals surface area contributed by atoms with Gasteiger partial charge in [-0.25, -0.2) is 4.79 Å². The third kappa shape index (κ3) is 1.65. The van der Waals surface area contributed by atoms with E-state index in [2.05, 4.69) is 15.5 Å². The highest BCUT2D eigenvalue weighted by atomic mass is 16.5. The van der Waals surface area contributed by atoms with Gasteiger partial charge in [0.1, 0.15) is 0 Å². The summed E-state index contributed by atoms with van der Waals surface area (Å²) in [5.74, 6) is -0.345. The molecule has 0 aliphatic carbocycles. The lowest BCUT2D eigenvalue weighted by molar-refractivity contribution is 0.0603. The number of H-pyrrole nitrogens is 1. The van der Waals surface area contributed by atoms with Gasteiger partial charge in [-0.05, 0) is 18.7 Å². The average Bonchev–Trinajstić information content (AvgIpc) is 2.78. The first-order chi connectivity index (χ1) is 7.77. The summed E-state index contributed by atoms with van der Waals surface area (Å²) in [5, 5.41) is 10.7. The van der Waals surface area contributed by atoms with Crippen molar-refractivity contribution in [1.82, 2.24) is 15.5 Å². The summed E-state index contributed by atoms with van der Waals surface area (Å²) in [7, 11) is 3.24. The van der Waals surface area contributed by atoms with Gasteiger partial charge in [-0.1, -0.05) is 6.07 Å². The second-order valence-corrected chi connectivity index (χ2v) is 3.45. The van der Waals surface area contributed by atoms with Gasteiger partial charge in [0.15, 0.2) is 0 Å². The van der Waals surface area contributed by atoms with Gasteiger partial charge >= 0.3 is 5.97 Å². The SMILES string of the molecule is CNCc1ccc(C(=O)OC)c2cn[nH]c12. The molecule has 2 N–H and O–H groups in total. The van der Waals surface area contributed by atoms with E-state index in [9.17, 15) is 4.79 Å². The molecule has 0 saturated heterocycles. The van der Waals surface area contributed by atoms with Crippen molar-refractivity contribution in [3.05, 3.63) is 29.5 Å². The van der Waals surface area contributed by atoms with Crippen LogP contribution in [0.25, 0.3) is 10.9 Å². The third-order valence-electron chi connectivity index (χ3n) is 2.47. The van der Waals surface area contributed by atoms with Gasteiger partial charge in [-0.2, -0.15) is 5.10 Å². The fraction of sp³-hybridized carbons (Fsp3) is 0.273. The van der Waals surface area contributed by atoms with Crippen LogP contribution in [0.2, 0.25) is 0 Å². The Balaban J connectivity index is 2.59. The largest absolute Gasteiger partial charge is 0.465 e. The summed E-state index contributed by atoms with van der Waals surface area (Å²) in [6, 6.07) is 3.65. The Hall–Kier alpha value is -1.88. The first kappa shape index (κ1) is 10.6. The highest BCUT2D eigenvalue weighted by Crippen LogP contribution is 2.21. The summed E-state index contributed by atoms with van der Waals surface area (Å²) >= 11 is 0. The zero-order valence-electron chi connectivity index (χ0n) is 9.20. The Morgan fingerprint density at radius 3 is 3.06 bits per heavy atom. The van der Waals surface area contributed by atoms with E-state index in [-0.39, 0.29) is 5.97 Å². The molecule has 0 fully saturated rings. The molecule has 0 aliphatic heterocycles. The molecule has 2 aromatic rings. The second kappa shape index (κ2) is 4.32. The van der Waals surface area contributed by atoms with Gasteiger partial charge in [-0.3, -0.25) is 5.10 Å². The van der Waals surface area contributed by atoms with Crippen molar-refractivity contribution in [2.75, 3.05) is 14.2 Å². The van der Waals surface area contributed by atoms with E-state index in [0.717, 1.165) is 23.0 Å². The normalized spacial score (nSPS) is 10.6. The maximum absolute atomic E-state index is 11.5.